The highest BCUT2D eigenvalue weighted by atomic mass is 16.6. The number of nitrogens with zero attached hydrogens (tertiary/aromatic N) is 4. The molecule has 7 heteroatoms. The van der Waals surface area contributed by atoms with Gasteiger partial charge in [0.15, 0.2) is 5.69 Å². The van der Waals surface area contributed by atoms with Crippen molar-refractivity contribution >= 4 is 11.8 Å². The average Bonchev–Trinajstić information content (AvgIpc) is 3.14. The van der Waals surface area contributed by atoms with E-state index in [1.54, 1.807) is 11.8 Å². The van der Waals surface area contributed by atoms with Crippen molar-refractivity contribution < 1.29 is 14.2 Å². The molecule has 3 fully saturated rings. The fraction of sp³-hybridized carbons (Fsp3) is 0.765. The van der Waals surface area contributed by atoms with Crippen LogP contribution < -0.4 is 0 Å². The molecule has 0 bridgehead atoms. The number of piperidine rings is 1. The van der Waals surface area contributed by atoms with Crippen LogP contribution in [0.15, 0.2) is 4.63 Å². The maximum absolute atomic E-state index is 13.1. The molecular formula is C17H24N4O3. The minimum Gasteiger partial charge on any atom is -0.342 e. The second-order valence-corrected chi connectivity index (χ2v) is 7.61. The first-order chi connectivity index (χ1) is 11.6. The van der Waals surface area contributed by atoms with Crippen LogP contribution in [0.1, 0.15) is 54.7 Å². The Morgan fingerprint density at radius 3 is 2.75 bits per heavy atom. The van der Waals surface area contributed by atoms with Crippen LogP contribution in [-0.4, -0.2) is 58.1 Å². The number of likely N-dealkylation sites (tertiary alicyclic amines) is 2. The van der Waals surface area contributed by atoms with E-state index in [2.05, 4.69) is 19.8 Å². The summed E-state index contributed by atoms with van der Waals surface area (Å²) in [5.41, 5.74) is 0.382. The largest absolute Gasteiger partial charge is 0.342 e. The lowest BCUT2D eigenvalue weighted by Gasteiger charge is -2.42. The van der Waals surface area contributed by atoms with Gasteiger partial charge in [-0.25, -0.2) is 4.63 Å². The van der Waals surface area contributed by atoms with Crippen LogP contribution in [0.5, 0.6) is 0 Å². The third-order valence-electron chi connectivity index (χ3n) is 6.02. The lowest BCUT2D eigenvalue weighted by Crippen LogP contribution is -2.52. The van der Waals surface area contributed by atoms with Gasteiger partial charge < -0.3 is 9.80 Å². The van der Waals surface area contributed by atoms with Crippen LogP contribution in [-0.2, 0) is 4.79 Å². The van der Waals surface area contributed by atoms with E-state index in [4.69, 9.17) is 0 Å². The summed E-state index contributed by atoms with van der Waals surface area (Å²) in [6.45, 7) is 4.59. The standard InChI is InChI=1S/C17H24N4O3/c1-12-14(19-24-18-12)15(22)21-9-7-17(11-21)6-3-8-20(16(17)23)10-13-4-2-5-13/h13H,2-11H2,1H3/t17-/m0/s1. The molecule has 24 heavy (non-hydrogen) atoms. The Balaban J connectivity index is 1.46. The lowest BCUT2D eigenvalue weighted by molar-refractivity contribution is -0.146. The van der Waals surface area contributed by atoms with Crippen molar-refractivity contribution in [2.45, 2.75) is 45.4 Å². The average molecular weight is 332 g/mol. The van der Waals surface area contributed by atoms with Gasteiger partial charge in [0, 0.05) is 26.2 Å². The highest BCUT2D eigenvalue weighted by Gasteiger charge is 2.50. The van der Waals surface area contributed by atoms with Crippen LogP contribution in [0.2, 0.25) is 0 Å². The molecule has 1 atom stereocenters. The predicted octanol–water partition coefficient (Wildman–Crippen LogP) is 1.63. The SMILES string of the molecule is Cc1nonc1C(=O)N1CC[C@@]2(CCCN(CC3CCC3)C2=O)C1. The normalized spacial score (nSPS) is 27.8. The molecule has 3 aliphatic rings. The molecule has 1 saturated carbocycles. The molecule has 1 aromatic heterocycles. The van der Waals surface area contributed by atoms with Gasteiger partial charge in [0.25, 0.3) is 5.91 Å². The molecule has 2 saturated heterocycles. The molecule has 0 unspecified atom stereocenters. The topological polar surface area (TPSA) is 79.5 Å². The fourth-order valence-electron chi connectivity index (χ4n) is 4.31. The first-order valence-electron chi connectivity index (χ1n) is 8.97. The van der Waals surface area contributed by atoms with Crippen molar-refractivity contribution in [1.82, 2.24) is 20.1 Å². The molecule has 0 N–H and O–H groups in total. The molecule has 2 amide bonds. The lowest BCUT2D eigenvalue weighted by atomic mass is 9.77. The highest BCUT2D eigenvalue weighted by molar-refractivity contribution is 5.94. The van der Waals surface area contributed by atoms with E-state index in [0.29, 0.717) is 24.7 Å². The Morgan fingerprint density at radius 1 is 1.25 bits per heavy atom. The summed E-state index contributed by atoms with van der Waals surface area (Å²) in [6.07, 6.45) is 6.46. The Morgan fingerprint density at radius 2 is 2.08 bits per heavy atom. The van der Waals surface area contributed by atoms with Gasteiger partial charge in [-0.1, -0.05) is 11.6 Å². The van der Waals surface area contributed by atoms with Gasteiger partial charge in [-0.05, 0) is 50.1 Å². The van der Waals surface area contributed by atoms with E-state index in [1.165, 1.54) is 19.3 Å². The summed E-state index contributed by atoms with van der Waals surface area (Å²) in [5.74, 6) is 0.771. The minimum absolute atomic E-state index is 0.172. The molecular weight excluding hydrogens is 308 g/mol. The monoisotopic (exact) mass is 332 g/mol. The Labute approximate surface area is 141 Å². The van der Waals surface area contributed by atoms with Crippen LogP contribution in [0.25, 0.3) is 0 Å². The Bertz CT molecular complexity index is 654. The number of hydrogen-bond donors (Lipinski definition) is 0. The van der Waals surface area contributed by atoms with Gasteiger partial charge in [-0.2, -0.15) is 0 Å². The van der Waals surface area contributed by atoms with E-state index in [0.717, 1.165) is 32.4 Å². The molecule has 3 heterocycles. The maximum Gasteiger partial charge on any atom is 0.278 e. The van der Waals surface area contributed by atoms with Gasteiger partial charge >= 0.3 is 0 Å². The van der Waals surface area contributed by atoms with Crippen molar-refractivity contribution in [2.75, 3.05) is 26.2 Å². The van der Waals surface area contributed by atoms with Crippen molar-refractivity contribution in [3.05, 3.63) is 11.4 Å². The Hall–Kier alpha value is -1.92. The number of amides is 2. The first-order valence-corrected chi connectivity index (χ1v) is 8.97. The zero-order chi connectivity index (χ0) is 16.7. The van der Waals surface area contributed by atoms with Crippen LogP contribution in [0, 0.1) is 18.3 Å². The quantitative estimate of drug-likeness (QED) is 0.840. The molecule has 1 spiro atoms. The van der Waals surface area contributed by atoms with Gasteiger partial charge in [0.1, 0.15) is 5.69 Å². The third kappa shape index (κ3) is 2.50. The predicted molar refractivity (Wildman–Crippen MR) is 85.1 cm³/mol. The van der Waals surface area contributed by atoms with Gasteiger partial charge in [0.2, 0.25) is 5.91 Å². The minimum atomic E-state index is -0.386. The second kappa shape index (κ2) is 5.86. The number of carbonyl (C=O) groups is 2. The fourth-order valence-corrected chi connectivity index (χ4v) is 4.31. The Kier molecular flexibility index (Phi) is 3.81. The zero-order valence-corrected chi connectivity index (χ0v) is 14.2. The number of aromatic nitrogens is 2. The van der Waals surface area contributed by atoms with Crippen LogP contribution in [0.4, 0.5) is 0 Å². The number of hydrogen-bond acceptors (Lipinski definition) is 5. The molecule has 2 aliphatic heterocycles. The number of rotatable bonds is 3. The second-order valence-electron chi connectivity index (χ2n) is 7.61. The summed E-state index contributed by atoms with van der Waals surface area (Å²) >= 11 is 0. The van der Waals surface area contributed by atoms with Crippen molar-refractivity contribution in [1.29, 1.82) is 0 Å². The van der Waals surface area contributed by atoms with Crippen LogP contribution in [0.3, 0.4) is 0 Å². The molecule has 0 radical (unpaired) electrons. The third-order valence-corrected chi connectivity index (χ3v) is 6.02. The number of aryl methyl sites for hydroxylation is 1. The summed E-state index contributed by atoms with van der Waals surface area (Å²) < 4.78 is 4.64. The van der Waals surface area contributed by atoms with E-state index in [9.17, 15) is 9.59 Å². The molecule has 1 aliphatic carbocycles. The van der Waals surface area contributed by atoms with Gasteiger partial charge in [-0.3, -0.25) is 9.59 Å². The summed E-state index contributed by atoms with van der Waals surface area (Å²) in [4.78, 5) is 29.5. The van der Waals surface area contributed by atoms with Gasteiger partial charge in [0.05, 0.1) is 5.41 Å². The molecule has 7 nitrogen and oxygen atoms in total. The molecule has 1 aromatic rings. The number of carbonyl (C=O) groups excluding carboxylic acids is 2. The van der Waals surface area contributed by atoms with E-state index < -0.39 is 0 Å². The zero-order valence-electron chi connectivity index (χ0n) is 14.2. The summed E-state index contributed by atoms with van der Waals surface area (Å²) in [6, 6.07) is 0. The summed E-state index contributed by atoms with van der Waals surface area (Å²) in [5, 5.41) is 7.39. The van der Waals surface area contributed by atoms with E-state index in [-0.39, 0.29) is 22.9 Å². The molecule has 4 rings (SSSR count). The molecule has 130 valence electrons. The highest BCUT2D eigenvalue weighted by Crippen LogP contribution is 2.41. The van der Waals surface area contributed by atoms with Crippen molar-refractivity contribution in [3.63, 3.8) is 0 Å². The van der Waals surface area contributed by atoms with Crippen LogP contribution >= 0.6 is 0 Å². The molecule has 0 aromatic carbocycles. The first kappa shape index (κ1) is 15.6. The van der Waals surface area contributed by atoms with Gasteiger partial charge in [-0.15, -0.1) is 0 Å². The van der Waals surface area contributed by atoms with E-state index in [1.807, 2.05) is 0 Å². The summed E-state index contributed by atoms with van der Waals surface area (Å²) in [7, 11) is 0. The maximum atomic E-state index is 13.1. The van der Waals surface area contributed by atoms with E-state index >= 15 is 0 Å². The van der Waals surface area contributed by atoms with Crippen molar-refractivity contribution in [2.24, 2.45) is 11.3 Å². The smallest absolute Gasteiger partial charge is 0.278 e. The van der Waals surface area contributed by atoms with Crippen molar-refractivity contribution in [3.8, 4) is 0 Å².